The first-order valence-electron chi connectivity index (χ1n) is 10.4. The minimum atomic E-state index is -0.0185. The number of benzene rings is 1. The van der Waals surface area contributed by atoms with Crippen LogP contribution in [0.3, 0.4) is 0 Å². The Balaban J connectivity index is 1.76. The van der Waals surface area contributed by atoms with Gasteiger partial charge in [-0.05, 0) is 43.2 Å². The first-order valence-corrected chi connectivity index (χ1v) is 11.4. The normalized spacial score (nSPS) is 19.9. The first-order chi connectivity index (χ1) is 13.5. The molecule has 0 radical (unpaired) electrons. The van der Waals surface area contributed by atoms with Gasteiger partial charge in [0.2, 0.25) is 5.91 Å². The lowest BCUT2D eigenvalue weighted by molar-refractivity contribution is -0.119. The highest BCUT2D eigenvalue weighted by molar-refractivity contribution is 7.99. The average Bonchev–Trinajstić information content (AvgIpc) is 2.67. The van der Waals surface area contributed by atoms with Crippen LogP contribution in [0, 0.1) is 11.8 Å². The summed E-state index contributed by atoms with van der Waals surface area (Å²) in [5.41, 5.74) is 0.673. The predicted molar refractivity (Wildman–Crippen MR) is 116 cm³/mol. The van der Waals surface area contributed by atoms with E-state index in [1.165, 1.54) is 31.0 Å². The Morgan fingerprint density at radius 1 is 1.29 bits per heavy atom. The molecule has 28 heavy (non-hydrogen) atoms. The van der Waals surface area contributed by atoms with Crippen LogP contribution in [0.2, 0.25) is 0 Å². The zero-order chi connectivity index (χ0) is 20.1. The molecule has 1 aliphatic rings. The van der Waals surface area contributed by atoms with E-state index in [-0.39, 0.29) is 23.3 Å². The second-order valence-electron chi connectivity index (χ2n) is 8.28. The molecule has 0 bridgehead atoms. The molecule has 0 spiro atoms. The summed E-state index contributed by atoms with van der Waals surface area (Å²) in [7, 11) is 0. The number of fused-ring (bicyclic) bond motifs is 1. The van der Waals surface area contributed by atoms with Crippen molar-refractivity contribution < 1.29 is 4.79 Å². The van der Waals surface area contributed by atoms with Crippen molar-refractivity contribution in [1.29, 1.82) is 0 Å². The smallest absolute Gasteiger partial charge is 0.262 e. The molecule has 0 unspecified atom stereocenters. The van der Waals surface area contributed by atoms with Gasteiger partial charge in [-0.25, -0.2) is 4.98 Å². The van der Waals surface area contributed by atoms with Crippen LogP contribution in [-0.2, 0) is 11.3 Å². The van der Waals surface area contributed by atoms with Crippen molar-refractivity contribution in [1.82, 2.24) is 14.9 Å². The number of para-hydroxylation sites is 1. The van der Waals surface area contributed by atoms with Crippen LogP contribution in [0.15, 0.2) is 34.2 Å². The van der Waals surface area contributed by atoms with Crippen molar-refractivity contribution in [2.24, 2.45) is 11.8 Å². The molecule has 5 nitrogen and oxygen atoms in total. The lowest BCUT2D eigenvalue weighted by Crippen LogP contribution is -2.42. The maximum Gasteiger partial charge on any atom is 0.262 e. The Morgan fingerprint density at radius 2 is 2.04 bits per heavy atom. The maximum absolute atomic E-state index is 13.0. The van der Waals surface area contributed by atoms with Crippen LogP contribution in [0.4, 0.5) is 0 Å². The second-order valence-corrected chi connectivity index (χ2v) is 9.22. The van der Waals surface area contributed by atoms with Crippen LogP contribution in [-0.4, -0.2) is 27.3 Å². The van der Waals surface area contributed by atoms with Crippen molar-refractivity contribution >= 4 is 28.6 Å². The SMILES string of the molecule is CC(C)CCn1c(SCC(=O)N[C@@H]2CCCC[C@H]2C)nc2ccccc2c1=O. The lowest BCUT2D eigenvalue weighted by Gasteiger charge is -2.29. The van der Waals surface area contributed by atoms with Crippen molar-refractivity contribution in [2.45, 2.75) is 70.6 Å². The van der Waals surface area contributed by atoms with Gasteiger partial charge in [-0.1, -0.05) is 57.5 Å². The fraction of sp³-hybridized carbons (Fsp3) is 0.591. The molecule has 1 saturated carbocycles. The molecule has 1 aromatic carbocycles. The number of carbonyl (C=O) groups excluding carboxylic acids is 1. The van der Waals surface area contributed by atoms with Gasteiger partial charge < -0.3 is 5.32 Å². The third-order valence-electron chi connectivity index (χ3n) is 5.55. The zero-order valence-corrected chi connectivity index (χ0v) is 17.9. The van der Waals surface area contributed by atoms with Crippen LogP contribution in [0.5, 0.6) is 0 Å². The van der Waals surface area contributed by atoms with Crippen LogP contribution >= 0.6 is 11.8 Å². The number of carbonyl (C=O) groups is 1. The summed E-state index contributed by atoms with van der Waals surface area (Å²) in [4.78, 5) is 30.2. The molecule has 0 aliphatic heterocycles. The lowest BCUT2D eigenvalue weighted by atomic mass is 9.86. The van der Waals surface area contributed by atoms with Crippen molar-refractivity contribution in [3.8, 4) is 0 Å². The highest BCUT2D eigenvalue weighted by Gasteiger charge is 2.23. The van der Waals surface area contributed by atoms with Crippen molar-refractivity contribution in [3.05, 3.63) is 34.6 Å². The molecule has 1 heterocycles. The molecule has 6 heteroatoms. The van der Waals surface area contributed by atoms with Crippen LogP contribution in [0.25, 0.3) is 10.9 Å². The van der Waals surface area contributed by atoms with E-state index >= 15 is 0 Å². The molecule has 2 atom stereocenters. The van der Waals surface area contributed by atoms with Gasteiger partial charge in [0.15, 0.2) is 5.16 Å². The number of thioether (sulfide) groups is 1. The van der Waals surface area contributed by atoms with Gasteiger partial charge in [0, 0.05) is 12.6 Å². The minimum absolute atomic E-state index is 0.0185. The van der Waals surface area contributed by atoms with Gasteiger partial charge in [0.25, 0.3) is 5.56 Å². The Bertz CT molecular complexity index is 878. The summed E-state index contributed by atoms with van der Waals surface area (Å²) in [5.74, 6) is 1.34. The summed E-state index contributed by atoms with van der Waals surface area (Å²) < 4.78 is 1.74. The number of rotatable bonds is 7. The minimum Gasteiger partial charge on any atom is -0.352 e. The number of hydrogen-bond donors (Lipinski definition) is 1. The highest BCUT2D eigenvalue weighted by atomic mass is 32.2. The van der Waals surface area contributed by atoms with E-state index in [9.17, 15) is 9.59 Å². The van der Waals surface area contributed by atoms with E-state index in [0.29, 0.717) is 34.4 Å². The van der Waals surface area contributed by atoms with E-state index in [0.717, 1.165) is 12.8 Å². The van der Waals surface area contributed by atoms with Gasteiger partial charge in [-0.3, -0.25) is 14.2 Å². The highest BCUT2D eigenvalue weighted by Crippen LogP contribution is 2.24. The maximum atomic E-state index is 13.0. The van der Waals surface area contributed by atoms with Crippen LogP contribution < -0.4 is 10.9 Å². The van der Waals surface area contributed by atoms with E-state index in [2.05, 4.69) is 26.1 Å². The summed E-state index contributed by atoms with van der Waals surface area (Å²) in [6.45, 7) is 7.12. The number of nitrogens with one attached hydrogen (secondary N) is 1. The quantitative estimate of drug-likeness (QED) is 0.557. The summed E-state index contributed by atoms with van der Waals surface area (Å²) in [6.07, 6.45) is 5.58. The molecular weight excluding hydrogens is 370 g/mol. The Morgan fingerprint density at radius 3 is 2.79 bits per heavy atom. The van der Waals surface area contributed by atoms with E-state index in [1.807, 2.05) is 24.3 Å². The fourth-order valence-electron chi connectivity index (χ4n) is 3.75. The Hall–Kier alpha value is -1.82. The van der Waals surface area contributed by atoms with Gasteiger partial charge >= 0.3 is 0 Å². The summed E-state index contributed by atoms with van der Waals surface area (Å²) in [5, 5.41) is 4.46. The Labute approximate surface area is 171 Å². The number of nitrogens with zero attached hydrogens (tertiary/aromatic N) is 2. The van der Waals surface area contributed by atoms with Gasteiger partial charge in [-0.15, -0.1) is 0 Å². The number of aromatic nitrogens is 2. The topological polar surface area (TPSA) is 64.0 Å². The molecule has 3 rings (SSSR count). The first kappa shape index (κ1) is 20.9. The molecule has 1 amide bonds. The standard InChI is InChI=1S/C22H31N3O2S/c1-15(2)12-13-25-21(27)17-9-5-7-11-19(17)24-22(25)28-14-20(26)23-18-10-6-4-8-16(18)3/h5,7,9,11,15-16,18H,4,6,8,10,12-14H2,1-3H3,(H,23,26)/t16-,18-/m1/s1. The van der Waals surface area contributed by atoms with Crippen LogP contribution in [0.1, 0.15) is 52.9 Å². The molecule has 1 fully saturated rings. The van der Waals surface area contributed by atoms with Gasteiger partial charge in [0.1, 0.15) is 0 Å². The number of hydrogen-bond acceptors (Lipinski definition) is 4. The van der Waals surface area contributed by atoms with Gasteiger partial charge in [-0.2, -0.15) is 0 Å². The van der Waals surface area contributed by atoms with E-state index < -0.39 is 0 Å². The molecule has 1 N–H and O–H groups in total. The molecular formula is C22H31N3O2S. The number of amides is 1. The largest absolute Gasteiger partial charge is 0.352 e. The molecule has 1 aliphatic carbocycles. The molecule has 1 aromatic heterocycles. The van der Waals surface area contributed by atoms with E-state index in [4.69, 9.17) is 4.98 Å². The zero-order valence-electron chi connectivity index (χ0n) is 17.1. The summed E-state index contributed by atoms with van der Waals surface area (Å²) in [6, 6.07) is 7.71. The predicted octanol–water partition coefficient (Wildman–Crippen LogP) is 4.23. The third kappa shape index (κ3) is 5.16. The third-order valence-corrected chi connectivity index (χ3v) is 6.52. The average molecular weight is 402 g/mol. The molecule has 152 valence electrons. The molecule has 2 aromatic rings. The fourth-order valence-corrected chi connectivity index (χ4v) is 4.59. The van der Waals surface area contributed by atoms with E-state index in [1.54, 1.807) is 4.57 Å². The van der Waals surface area contributed by atoms with Crippen molar-refractivity contribution in [3.63, 3.8) is 0 Å². The summed E-state index contributed by atoms with van der Waals surface area (Å²) >= 11 is 1.37. The second kappa shape index (κ2) is 9.59. The van der Waals surface area contributed by atoms with Crippen molar-refractivity contribution in [2.75, 3.05) is 5.75 Å². The Kier molecular flexibility index (Phi) is 7.16. The molecule has 0 saturated heterocycles. The van der Waals surface area contributed by atoms with Gasteiger partial charge in [0.05, 0.1) is 16.7 Å². The monoisotopic (exact) mass is 401 g/mol.